The van der Waals surface area contributed by atoms with Gasteiger partial charge in [0.25, 0.3) is 0 Å². The lowest BCUT2D eigenvalue weighted by Gasteiger charge is -2.23. The van der Waals surface area contributed by atoms with Gasteiger partial charge < -0.3 is 5.11 Å². The van der Waals surface area contributed by atoms with Crippen LogP contribution in [0.3, 0.4) is 0 Å². The normalized spacial score (nSPS) is 13.6. The number of carbonyl (C=O) groups is 1. The fourth-order valence-electron chi connectivity index (χ4n) is 4.76. The van der Waals surface area contributed by atoms with Gasteiger partial charge in [0, 0.05) is 0 Å². The predicted octanol–water partition coefficient (Wildman–Crippen LogP) is 10.1. The number of hydrogen-bond donors (Lipinski definition) is 1. The summed E-state index contributed by atoms with van der Waals surface area (Å²) in [5.74, 6) is -0.433. The van der Waals surface area contributed by atoms with Crippen LogP contribution in [0.5, 0.6) is 0 Å². The summed E-state index contributed by atoms with van der Waals surface area (Å²) in [5, 5.41) is 9.82. The summed E-state index contributed by atoms with van der Waals surface area (Å²) >= 11 is 0. The Morgan fingerprint density at radius 3 is 1.32 bits per heavy atom. The van der Waals surface area contributed by atoms with Crippen molar-refractivity contribution >= 4 is 5.97 Å². The molecule has 0 aromatic rings. The second-order valence-corrected chi connectivity index (χ2v) is 9.74. The number of unbranched alkanes of at least 4 members (excludes halogenated alkanes) is 16. The molecule has 2 heteroatoms. The van der Waals surface area contributed by atoms with Crippen molar-refractivity contribution in [2.75, 3.05) is 0 Å². The molecule has 2 nitrogen and oxygen atoms in total. The molecule has 0 aliphatic heterocycles. The van der Waals surface area contributed by atoms with E-state index >= 15 is 0 Å². The summed E-state index contributed by atoms with van der Waals surface area (Å²) < 4.78 is 0. The molecule has 0 saturated heterocycles. The van der Waals surface area contributed by atoms with Gasteiger partial charge in [0.15, 0.2) is 0 Å². The van der Waals surface area contributed by atoms with E-state index < -0.39 is 5.97 Å². The SMILES string of the molecule is CC=CCC(C(=O)O)C(CCCCCCCCCC)CCCCCCCCCCCC. The molecule has 0 aliphatic carbocycles. The van der Waals surface area contributed by atoms with Crippen LogP contribution in [0, 0.1) is 11.8 Å². The Hall–Kier alpha value is -0.790. The minimum atomic E-state index is -0.588. The number of allylic oxidation sites excluding steroid dienone is 2. The van der Waals surface area contributed by atoms with Gasteiger partial charge in [0.2, 0.25) is 0 Å². The molecule has 184 valence electrons. The summed E-state index contributed by atoms with van der Waals surface area (Å²) in [6.07, 6.45) is 31.0. The molecule has 0 bridgehead atoms. The van der Waals surface area contributed by atoms with E-state index in [0.717, 1.165) is 12.8 Å². The van der Waals surface area contributed by atoms with Gasteiger partial charge in [-0.2, -0.15) is 0 Å². The lowest BCUT2D eigenvalue weighted by atomic mass is 9.81. The van der Waals surface area contributed by atoms with E-state index in [2.05, 4.69) is 19.9 Å². The van der Waals surface area contributed by atoms with Gasteiger partial charge >= 0.3 is 5.97 Å². The van der Waals surface area contributed by atoms with Crippen LogP contribution in [0.2, 0.25) is 0 Å². The molecule has 0 rings (SSSR count). The van der Waals surface area contributed by atoms with Crippen LogP contribution >= 0.6 is 0 Å². The maximum Gasteiger partial charge on any atom is 0.307 e. The highest BCUT2D eigenvalue weighted by Crippen LogP contribution is 2.29. The Balaban J connectivity index is 4.17. The number of carboxylic acid groups (broad SMARTS) is 1. The average molecular weight is 437 g/mol. The van der Waals surface area contributed by atoms with Gasteiger partial charge in [0.1, 0.15) is 0 Å². The zero-order chi connectivity index (χ0) is 23.0. The van der Waals surface area contributed by atoms with Crippen LogP contribution in [0.15, 0.2) is 12.2 Å². The maximum absolute atomic E-state index is 11.9. The summed E-state index contributed by atoms with van der Waals surface area (Å²) in [4.78, 5) is 11.9. The molecule has 0 spiro atoms. The van der Waals surface area contributed by atoms with Crippen molar-refractivity contribution < 1.29 is 9.90 Å². The fourth-order valence-corrected chi connectivity index (χ4v) is 4.76. The molecular formula is C29H56O2. The molecule has 1 N–H and O–H groups in total. The van der Waals surface area contributed by atoms with E-state index in [1.165, 1.54) is 116 Å². The van der Waals surface area contributed by atoms with E-state index in [-0.39, 0.29) is 5.92 Å². The maximum atomic E-state index is 11.9. The fraction of sp³-hybridized carbons (Fsp3) is 0.897. The van der Waals surface area contributed by atoms with Gasteiger partial charge in [0.05, 0.1) is 5.92 Å². The lowest BCUT2D eigenvalue weighted by molar-refractivity contribution is -0.143. The van der Waals surface area contributed by atoms with Gasteiger partial charge in [-0.05, 0) is 32.1 Å². The number of aliphatic carboxylic acids is 1. The van der Waals surface area contributed by atoms with Gasteiger partial charge in [-0.15, -0.1) is 0 Å². The Kier molecular flexibility index (Phi) is 23.3. The van der Waals surface area contributed by atoms with Gasteiger partial charge in [-0.1, -0.05) is 142 Å². The molecule has 0 aliphatic rings. The first-order valence-corrected chi connectivity index (χ1v) is 14.0. The zero-order valence-electron chi connectivity index (χ0n) is 21.5. The topological polar surface area (TPSA) is 37.3 Å². The minimum Gasteiger partial charge on any atom is -0.481 e. The van der Waals surface area contributed by atoms with Crippen molar-refractivity contribution in [2.24, 2.45) is 11.8 Å². The molecule has 31 heavy (non-hydrogen) atoms. The molecular weight excluding hydrogens is 380 g/mol. The quantitative estimate of drug-likeness (QED) is 0.121. The van der Waals surface area contributed by atoms with E-state index in [9.17, 15) is 9.90 Å². The third-order valence-corrected chi connectivity index (χ3v) is 6.87. The third kappa shape index (κ3) is 19.6. The molecule has 0 fully saturated rings. The molecule has 0 heterocycles. The third-order valence-electron chi connectivity index (χ3n) is 6.87. The van der Waals surface area contributed by atoms with E-state index in [0.29, 0.717) is 12.3 Å². The number of hydrogen-bond acceptors (Lipinski definition) is 1. The molecule has 0 radical (unpaired) electrons. The van der Waals surface area contributed by atoms with Crippen LogP contribution < -0.4 is 0 Å². The Morgan fingerprint density at radius 1 is 0.645 bits per heavy atom. The summed E-state index contributed by atoms with van der Waals surface area (Å²) in [6, 6.07) is 0. The first kappa shape index (κ1) is 30.2. The average Bonchev–Trinajstić information content (AvgIpc) is 2.76. The Bertz CT molecular complexity index is 402. The largest absolute Gasteiger partial charge is 0.481 e. The standard InChI is InChI=1S/C29H56O2/c1-4-7-10-12-14-16-17-19-21-23-25-27(28(29(30)31)26-9-6-3)24-22-20-18-15-13-11-8-5-2/h6,9,27-28H,4-5,7-8,10-26H2,1-3H3,(H,30,31). The first-order chi connectivity index (χ1) is 15.2. The van der Waals surface area contributed by atoms with Crippen molar-refractivity contribution in [1.29, 1.82) is 0 Å². The van der Waals surface area contributed by atoms with Crippen LogP contribution in [-0.4, -0.2) is 11.1 Å². The van der Waals surface area contributed by atoms with E-state index in [1.54, 1.807) is 0 Å². The summed E-state index contributed by atoms with van der Waals surface area (Å²) in [6.45, 7) is 6.53. The molecule has 0 aromatic carbocycles. The van der Waals surface area contributed by atoms with Crippen LogP contribution in [0.1, 0.15) is 156 Å². The lowest BCUT2D eigenvalue weighted by Crippen LogP contribution is -2.23. The minimum absolute atomic E-state index is 0.195. The second kappa shape index (κ2) is 23.9. The van der Waals surface area contributed by atoms with Crippen molar-refractivity contribution in [3.8, 4) is 0 Å². The van der Waals surface area contributed by atoms with E-state index in [1.807, 2.05) is 13.0 Å². The Morgan fingerprint density at radius 2 is 1.00 bits per heavy atom. The van der Waals surface area contributed by atoms with Crippen LogP contribution in [0.4, 0.5) is 0 Å². The number of carboxylic acids is 1. The summed E-state index contributed by atoms with van der Waals surface area (Å²) in [7, 11) is 0. The molecule has 2 unspecified atom stereocenters. The molecule has 2 atom stereocenters. The highest BCUT2D eigenvalue weighted by atomic mass is 16.4. The second-order valence-electron chi connectivity index (χ2n) is 9.74. The van der Waals surface area contributed by atoms with Crippen LogP contribution in [-0.2, 0) is 4.79 Å². The highest BCUT2D eigenvalue weighted by molar-refractivity contribution is 5.70. The predicted molar refractivity (Wildman–Crippen MR) is 138 cm³/mol. The smallest absolute Gasteiger partial charge is 0.307 e. The zero-order valence-corrected chi connectivity index (χ0v) is 21.5. The number of rotatable bonds is 24. The highest BCUT2D eigenvalue weighted by Gasteiger charge is 2.26. The van der Waals surface area contributed by atoms with Crippen molar-refractivity contribution in [3.63, 3.8) is 0 Å². The van der Waals surface area contributed by atoms with Crippen LogP contribution in [0.25, 0.3) is 0 Å². The molecule has 0 saturated carbocycles. The monoisotopic (exact) mass is 436 g/mol. The van der Waals surface area contributed by atoms with Gasteiger partial charge in [-0.3, -0.25) is 4.79 Å². The Labute approximate surface area is 195 Å². The van der Waals surface area contributed by atoms with E-state index in [4.69, 9.17) is 0 Å². The van der Waals surface area contributed by atoms with Crippen molar-refractivity contribution in [1.82, 2.24) is 0 Å². The van der Waals surface area contributed by atoms with Crippen molar-refractivity contribution in [3.05, 3.63) is 12.2 Å². The summed E-state index contributed by atoms with van der Waals surface area (Å²) in [5.41, 5.74) is 0. The van der Waals surface area contributed by atoms with Gasteiger partial charge in [-0.25, -0.2) is 0 Å². The van der Waals surface area contributed by atoms with Crippen molar-refractivity contribution in [2.45, 2.75) is 156 Å². The molecule has 0 aromatic heterocycles. The first-order valence-electron chi connectivity index (χ1n) is 14.0. The molecule has 0 amide bonds.